The van der Waals surface area contributed by atoms with Crippen LogP contribution < -0.4 is 15.6 Å². The lowest BCUT2D eigenvalue weighted by Crippen LogP contribution is -2.33. The Hall–Kier alpha value is -2.34. The molecule has 5 atom stereocenters. The van der Waals surface area contributed by atoms with E-state index in [0.717, 1.165) is 0 Å². The smallest absolute Gasteiger partial charge is 0.323 e. The summed E-state index contributed by atoms with van der Waals surface area (Å²) in [5.41, 5.74) is 4.58. The van der Waals surface area contributed by atoms with Crippen molar-refractivity contribution in [2.75, 3.05) is 18.9 Å². The summed E-state index contributed by atoms with van der Waals surface area (Å²) in [6, 6.07) is -0.815. The second kappa shape index (κ2) is 10.3. The van der Waals surface area contributed by atoms with Crippen molar-refractivity contribution in [2.24, 2.45) is 0 Å². The summed E-state index contributed by atoms with van der Waals surface area (Å²) < 4.78 is 50.8. The molecule has 12 nitrogen and oxygen atoms in total. The quantitative estimate of drug-likeness (QED) is 0.374. The number of esters is 1. The molecule has 0 saturated carbocycles. The van der Waals surface area contributed by atoms with Gasteiger partial charge in [0.15, 0.2) is 23.1 Å². The van der Waals surface area contributed by atoms with Gasteiger partial charge in [0.1, 0.15) is 6.04 Å². The normalized spacial score (nSPS) is 24.8. The van der Waals surface area contributed by atoms with Gasteiger partial charge in [0.05, 0.1) is 31.7 Å². The molecule has 1 aliphatic rings. The van der Waals surface area contributed by atoms with Crippen molar-refractivity contribution in [3.8, 4) is 5.88 Å². The summed E-state index contributed by atoms with van der Waals surface area (Å²) in [5, 5.41) is 2.56. The number of carbonyl (C=O) groups excluding carboxylic acids is 1. The van der Waals surface area contributed by atoms with E-state index >= 15 is 4.39 Å². The van der Waals surface area contributed by atoms with Gasteiger partial charge in [0.2, 0.25) is 11.8 Å². The number of hydrogen-bond donors (Lipinski definition) is 2. The SMILES string of the molecule is CCOc1nc(N)nc2c1ncn2[C@@H]1O[C@H](CO[PH](=O)N[C@@H](C)C(=O)OC(C)C)C[C@@]1(C)F. The van der Waals surface area contributed by atoms with E-state index in [2.05, 4.69) is 20.0 Å². The highest BCUT2D eigenvalue weighted by atomic mass is 31.1. The number of alkyl halides is 1. The van der Waals surface area contributed by atoms with E-state index in [1.54, 1.807) is 20.8 Å². The molecule has 0 aliphatic carbocycles. The standard InChI is InChI=1S/C19H30FN6O6P/c1-6-29-15-13-14(23-18(21)24-15)26(9-22-13)17-19(5,20)7-12(32-17)8-30-33(28)25-11(4)16(27)31-10(2)3/h9-12,17,33H,6-8H2,1-5H3,(H,25,28)(H2,21,23,24)/t11-,12-,17+,19+/m0/s1. The maximum atomic E-state index is 15.4. The number of ether oxygens (including phenoxy) is 3. The Morgan fingerprint density at radius 3 is 2.85 bits per heavy atom. The van der Waals surface area contributed by atoms with Crippen LogP contribution in [-0.2, 0) is 23.4 Å². The average Bonchev–Trinajstić information content (AvgIpc) is 3.25. The molecule has 0 bridgehead atoms. The lowest BCUT2D eigenvalue weighted by Gasteiger charge is -2.22. The number of nitrogens with one attached hydrogen (secondary N) is 1. The van der Waals surface area contributed by atoms with Gasteiger partial charge in [0.25, 0.3) is 8.18 Å². The van der Waals surface area contributed by atoms with Crippen LogP contribution in [0.25, 0.3) is 11.2 Å². The van der Waals surface area contributed by atoms with E-state index in [4.69, 9.17) is 24.5 Å². The number of nitrogens with zero attached hydrogens (tertiary/aromatic N) is 4. The first-order valence-electron chi connectivity index (χ1n) is 10.6. The molecule has 0 spiro atoms. The number of hydrogen-bond acceptors (Lipinski definition) is 10. The van der Waals surface area contributed by atoms with Gasteiger partial charge in [0, 0.05) is 6.42 Å². The molecule has 3 rings (SSSR count). The predicted molar refractivity (Wildman–Crippen MR) is 118 cm³/mol. The molecule has 1 aliphatic heterocycles. The van der Waals surface area contributed by atoms with E-state index in [-0.39, 0.29) is 36.6 Å². The van der Waals surface area contributed by atoms with E-state index in [0.29, 0.717) is 12.1 Å². The third kappa shape index (κ3) is 5.97. The minimum absolute atomic E-state index is 0.0175. The van der Waals surface area contributed by atoms with Gasteiger partial charge in [-0.2, -0.15) is 9.97 Å². The number of carbonyl (C=O) groups is 1. The minimum Gasteiger partial charge on any atom is -0.476 e. The Morgan fingerprint density at radius 2 is 2.18 bits per heavy atom. The molecule has 14 heteroatoms. The zero-order valence-corrected chi connectivity index (χ0v) is 20.2. The number of fused-ring (bicyclic) bond motifs is 1. The molecule has 3 heterocycles. The zero-order valence-electron chi connectivity index (χ0n) is 19.2. The Balaban J connectivity index is 1.66. The van der Waals surface area contributed by atoms with E-state index < -0.39 is 38.2 Å². The molecule has 3 N–H and O–H groups in total. The van der Waals surface area contributed by atoms with Gasteiger partial charge in [-0.25, -0.2) is 14.5 Å². The van der Waals surface area contributed by atoms with Gasteiger partial charge in [-0.1, -0.05) is 0 Å². The fraction of sp³-hybridized carbons (Fsp3) is 0.684. The number of nitrogen functional groups attached to an aromatic ring is 1. The average molecular weight is 488 g/mol. The van der Waals surface area contributed by atoms with Crippen molar-refractivity contribution in [1.82, 2.24) is 24.6 Å². The summed E-state index contributed by atoms with van der Waals surface area (Å²) in [5.74, 6) is -0.381. The van der Waals surface area contributed by atoms with Crippen LogP contribution >= 0.6 is 8.18 Å². The topological polar surface area (TPSA) is 153 Å². The van der Waals surface area contributed by atoms with Crippen molar-refractivity contribution in [3.05, 3.63) is 6.33 Å². The monoisotopic (exact) mass is 488 g/mol. The van der Waals surface area contributed by atoms with Crippen LogP contribution in [0.4, 0.5) is 10.3 Å². The predicted octanol–water partition coefficient (Wildman–Crippen LogP) is 2.16. The van der Waals surface area contributed by atoms with Crippen molar-refractivity contribution in [1.29, 1.82) is 0 Å². The summed E-state index contributed by atoms with van der Waals surface area (Å²) in [6.07, 6.45) is -0.687. The van der Waals surface area contributed by atoms with Crippen LogP contribution in [0.5, 0.6) is 5.88 Å². The number of imidazole rings is 1. The molecule has 0 radical (unpaired) electrons. The molecule has 0 aromatic carbocycles. The molecule has 1 saturated heterocycles. The number of nitrogens with two attached hydrogens (primary N) is 1. The zero-order chi connectivity index (χ0) is 24.3. The minimum atomic E-state index is -2.79. The van der Waals surface area contributed by atoms with Crippen molar-refractivity contribution in [2.45, 2.75) is 71.2 Å². The van der Waals surface area contributed by atoms with E-state index in [9.17, 15) is 9.36 Å². The van der Waals surface area contributed by atoms with Crippen LogP contribution in [0.2, 0.25) is 0 Å². The maximum Gasteiger partial charge on any atom is 0.323 e. The highest BCUT2D eigenvalue weighted by Crippen LogP contribution is 2.43. The highest BCUT2D eigenvalue weighted by molar-refractivity contribution is 7.36. The number of anilines is 1. The molecular formula is C19H30FN6O6P. The highest BCUT2D eigenvalue weighted by Gasteiger charge is 2.48. The number of rotatable bonds is 10. The lowest BCUT2D eigenvalue weighted by atomic mass is 10.0. The summed E-state index contributed by atoms with van der Waals surface area (Å²) in [6.45, 7) is 8.34. The first-order chi connectivity index (χ1) is 15.5. The largest absolute Gasteiger partial charge is 0.476 e. The van der Waals surface area contributed by atoms with Crippen LogP contribution in [-0.4, -0.2) is 62.6 Å². The first kappa shape index (κ1) is 25.3. The molecular weight excluding hydrogens is 458 g/mol. The number of aromatic nitrogens is 4. The fourth-order valence-corrected chi connectivity index (χ4v) is 4.36. The molecule has 33 heavy (non-hydrogen) atoms. The fourth-order valence-electron chi connectivity index (χ4n) is 3.47. The molecule has 2 aromatic heterocycles. The van der Waals surface area contributed by atoms with Gasteiger partial charge < -0.3 is 24.5 Å². The lowest BCUT2D eigenvalue weighted by molar-refractivity contribution is -0.149. The van der Waals surface area contributed by atoms with Gasteiger partial charge >= 0.3 is 5.97 Å². The molecule has 0 amide bonds. The Labute approximate surface area is 191 Å². The van der Waals surface area contributed by atoms with Crippen molar-refractivity contribution < 1.29 is 32.5 Å². The Morgan fingerprint density at radius 1 is 1.45 bits per heavy atom. The second-order valence-corrected chi connectivity index (χ2v) is 9.34. The van der Waals surface area contributed by atoms with E-state index in [1.807, 2.05) is 0 Å². The summed E-state index contributed by atoms with van der Waals surface area (Å²) in [4.78, 5) is 24.3. The number of halogens is 1. The summed E-state index contributed by atoms with van der Waals surface area (Å²) >= 11 is 0. The van der Waals surface area contributed by atoms with Crippen molar-refractivity contribution in [3.63, 3.8) is 0 Å². The molecule has 1 unspecified atom stereocenters. The molecule has 184 valence electrons. The van der Waals surface area contributed by atoms with Gasteiger partial charge in [-0.3, -0.25) is 13.9 Å². The van der Waals surface area contributed by atoms with Crippen LogP contribution in [0.15, 0.2) is 6.33 Å². The summed E-state index contributed by atoms with van der Waals surface area (Å²) in [7, 11) is -2.79. The first-order valence-corrected chi connectivity index (χ1v) is 11.9. The molecule has 1 fully saturated rings. The maximum absolute atomic E-state index is 15.4. The van der Waals surface area contributed by atoms with Gasteiger partial charge in [-0.15, -0.1) is 0 Å². The van der Waals surface area contributed by atoms with Crippen LogP contribution in [0.3, 0.4) is 0 Å². The molecule has 2 aromatic rings. The van der Waals surface area contributed by atoms with Crippen LogP contribution in [0.1, 0.15) is 47.3 Å². The van der Waals surface area contributed by atoms with Crippen molar-refractivity contribution >= 4 is 31.3 Å². The van der Waals surface area contributed by atoms with Gasteiger partial charge in [-0.05, 0) is 34.6 Å². The second-order valence-electron chi connectivity index (χ2n) is 8.19. The Bertz CT molecular complexity index is 1020. The Kier molecular flexibility index (Phi) is 7.88. The van der Waals surface area contributed by atoms with E-state index in [1.165, 1.54) is 24.7 Å². The third-order valence-electron chi connectivity index (χ3n) is 4.84. The van der Waals surface area contributed by atoms with Crippen LogP contribution in [0, 0.1) is 0 Å². The third-order valence-corrected chi connectivity index (χ3v) is 5.94.